The zero-order chi connectivity index (χ0) is 12.3. The van der Waals surface area contributed by atoms with Crippen molar-refractivity contribution in [2.24, 2.45) is 5.73 Å². The lowest BCUT2D eigenvalue weighted by Gasteiger charge is -2.10. The molecule has 2 rings (SSSR count). The molecule has 0 aliphatic heterocycles. The summed E-state index contributed by atoms with van der Waals surface area (Å²) >= 11 is 0. The van der Waals surface area contributed by atoms with E-state index in [4.69, 9.17) is 5.73 Å². The van der Waals surface area contributed by atoms with Crippen molar-refractivity contribution >= 4 is 0 Å². The van der Waals surface area contributed by atoms with Gasteiger partial charge in [0.15, 0.2) is 0 Å². The van der Waals surface area contributed by atoms with Gasteiger partial charge in [-0.3, -0.25) is 0 Å². The molecule has 2 aromatic carbocycles. The summed E-state index contributed by atoms with van der Waals surface area (Å²) in [6.45, 7) is 0.173. The summed E-state index contributed by atoms with van der Waals surface area (Å²) in [4.78, 5) is 0. The highest BCUT2D eigenvalue weighted by molar-refractivity contribution is 5.64. The third-order valence-corrected chi connectivity index (χ3v) is 2.65. The van der Waals surface area contributed by atoms with Crippen molar-refractivity contribution in [1.29, 1.82) is 0 Å². The van der Waals surface area contributed by atoms with Crippen molar-refractivity contribution in [2.45, 2.75) is 6.10 Å². The quantitative estimate of drug-likeness (QED) is 0.852. The van der Waals surface area contributed by atoms with Crippen LogP contribution in [0.15, 0.2) is 48.5 Å². The summed E-state index contributed by atoms with van der Waals surface area (Å²) in [5, 5.41) is 9.66. The molecule has 1 atom stereocenters. The van der Waals surface area contributed by atoms with Crippen LogP contribution in [0.5, 0.6) is 0 Å². The molecule has 3 heteroatoms. The maximum Gasteiger partial charge on any atom is 0.123 e. The van der Waals surface area contributed by atoms with Crippen LogP contribution in [-0.4, -0.2) is 11.7 Å². The van der Waals surface area contributed by atoms with Crippen molar-refractivity contribution in [3.8, 4) is 11.1 Å². The van der Waals surface area contributed by atoms with Crippen LogP contribution in [0.2, 0.25) is 0 Å². The molecule has 17 heavy (non-hydrogen) atoms. The molecule has 0 spiro atoms. The Kier molecular flexibility index (Phi) is 3.52. The standard InChI is InChI=1S/C14H14FNO/c15-13-6-2-4-11(8-13)10-3-1-5-12(7-10)14(17)9-16/h1-8,14,17H,9,16H2. The van der Waals surface area contributed by atoms with Gasteiger partial charge in [-0.2, -0.15) is 0 Å². The number of nitrogens with two attached hydrogens (primary N) is 1. The highest BCUT2D eigenvalue weighted by Crippen LogP contribution is 2.23. The average molecular weight is 231 g/mol. The highest BCUT2D eigenvalue weighted by atomic mass is 19.1. The van der Waals surface area contributed by atoms with Gasteiger partial charge in [-0.25, -0.2) is 4.39 Å². The van der Waals surface area contributed by atoms with E-state index in [0.29, 0.717) is 0 Å². The summed E-state index contributed by atoms with van der Waals surface area (Å²) in [5.74, 6) is -0.271. The summed E-state index contributed by atoms with van der Waals surface area (Å²) in [6.07, 6.45) is -0.677. The topological polar surface area (TPSA) is 46.2 Å². The van der Waals surface area contributed by atoms with E-state index in [-0.39, 0.29) is 12.4 Å². The van der Waals surface area contributed by atoms with E-state index in [1.807, 2.05) is 24.3 Å². The molecular formula is C14H14FNO. The van der Waals surface area contributed by atoms with Gasteiger partial charge >= 0.3 is 0 Å². The fourth-order valence-corrected chi connectivity index (χ4v) is 1.73. The second kappa shape index (κ2) is 5.08. The van der Waals surface area contributed by atoms with Gasteiger partial charge in [-0.15, -0.1) is 0 Å². The maximum atomic E-state index is 13.1. The van der Waals surface area contributed by atoms with Gasteiger partial charge in [0.25, 0.3) is 0 Å². The molecular weight excluding hydrogens is 217 g/mol. The molecule has 0 heterocycles. The smallest absolute Gasteiger partial charge is 0.123 e. The molecule has 0 radical (unpaired) electrons. The van der Waals surface area contributed by atoms with E-state index in [1.165, 1.54) is 12.1 Å². The molecule has 0 aliphatic rings. The van der Waals surface area contributed by atoms with E-state index in [1.54, 1.807) is 12.1 Å². The maximum absolute atomic E-state index is 13.1. The monoisotopic (exact) mass is 231 g/mol. The van der Waals surface area contributed by atoms with Crippen LogP contribution < -0.4 is 5.73 Å². The lowest BCUT2D eigenvalue weighted by molar-refractivity contribution is 0.187. The minimum absolute atomic E-state index is 0.173. The molecule has 0 saturated heterocycles. The first-order chi connectivity index (χ1) is 8.20. The molecule has 2 aromatic rings. The van der Waals surface area contributed by atoms with Crippen LogP contribution in [0, 0.1) is 5.82 Å². The molecule has 0 fully saturated rings. The second-order valence-corrected chi connectivity index (χ2v) is 3.89. The molecule has 0 aromatic heterocycles. The minimum Gasteiger partial charge on any atom is -0.387 e. The van der Waals surface area contributed by atoms with Gasteiger partial charge in [0.05, 0.1) is 6.10 Å². The van der Waals surface area contributed by atoms with Crippen molar-refractivity contribution < 1.29 is 9.50 Å². The third-order valence-electron chi connectivity index (χ3n) is 2.65. The lowest BCUT2D eigenvalue weighted by Crippen LogP contribution is -2.11. The van der Waals surface area contributed by atoms with Gasteiger partial charge < -0.3 is 10.8 Å². The number of rotatable bonds is 3. The Morgan fingerprint density at radius 3 is 2.35 bits per heavy atom. The van der Waals surface area contributed by atoms with E-state index >= 15 is 0 Å². The van der Waals surface area contributed by atoms with Crippen LogP contribution in [0.25, 0.3) is 11.1 Å². The lowest BCUT2D eigenvalue weighted by atomic mass is 10.0. The highest BCUT2D eigenvalue weighted by Gasteiger charge is 2.06. The Balaban J connectivity index is 2.39. The molecule has 0 saturated carbocycles. The Labute approximate surface area is 99.5 Å². The average Bonchev–Trinajstić information content (AvgIpc) is 2.38. The van der Waals surface area contributed by atoms with Crippen LogP contribution in [0.4, 0.5) is 4.39 Å². The fraction of sp³-hybridized carbons (Fsp3) is 0.143. The van der Waals surface area contributed by atoms with Crippen molar-refractivity contribution in [1.82, 2.24) is 0 Å². The van der Waals surface area contributed by atoms with E-state index in [2.05, 4.69) is 0 Å². The number of benzene rings is 2. The Hall–Kier alpha value is -1.71. The zero-order valence-corrected chi connectivity index (χ0v) is 9.31. The predicted octanol–water partition coefficient (Wildman–Crippen LogP) is 2.48. The largest absolute Gasteiger partial charge is 0.387 e. The van der Waals surface area contributed by atoms with Crippen LogP contribution in [0.1, 0.15) is 11.7 Å². The van der Waals surface area contributed by atoms with Gasteiger partial charge in [0.2, 0.25) is 0 Å². The first kappa shape index (κ1) is 11.8. The Bertz CT molecular complexity index is 513. The molecule has 1 unspecified atom stereocenters. The number of aliphatic hydroxyl groups excluding tert-OH is 1. The fourth-order valence-electron chi connectivity index (χ4n) is 1.73. The summed E-state index contributed by atoms with van der Waals surface area (Å²) in [5.41, 5.74) is 7.81. The van der Waals surface area contributed by atoms with Crippen LogP contribution in [0.3, 0.4) is 0 Å². The molecule has 88 valence electrons. The van der Waals surface area contributed by atoms with Gasteiger partial charge in [-0.05, 0) is 34.9 Å². The molecule has 0 bridgehead atoms. The van der Waals surface area contributed by atoms with Crippen molar-refractivity contribution in [2.75, 3.05) is 6.54 Å². The van der Waals surface area contributed by atoms with Crippen LogP contribution >= 0.6 is 0 Å². The number of hydrogen-bond acceptors (Lipinski definition) is 2. The normalized spacial score (nSPS) is 12.4. The predicted molar refractivity (Wildman–Crippen MR) is 65.9 cm³/mol. The SMILES string of the molecule is NCC(O)c1cccc(-c2cccc(F)c2)c1. The van der Waals surface area contributed by atoms with Crippen LogP contribution in [-0.2, 0) is 0 Å². The van der Waals surface area contributed by atoms with Crippen molar-refractivity contribution in [3.63, 3.8) is 0 Å². The Morgan fingerprint density at radius 1 is 1.06 bits per heavy atom. The zero-order valence-electron chi connectivity index (χ0n) is 9.31. The summed E-state index contributed by atoms with van der Waals surface area (Å²) in [7, 11) is 0. The first-order valence-electron chi connectivity index (χ1n) is 5.45. The van der Waals surface area contributed by atoms with E-state index < -0.39 is 6.10 Å². The number of hydrogen-bond donors (Lipinski definition) is 2. The second-order valence-electron chi connectivity index (χ2n) is 3.89. The number of aliphatic hydroxyl groups is 1. The molecule has 2 nitrogen and oxygen atoms in total. The van der Waals surface area contributed by atoms with Crippen molar-refractivity contribution in [3.05, 3.63) is 59.9 Å². The van der Waals surface area contributed by atoms with Gasteiger partial charge in [0, 0.05) is 6.54 Å². The van der Waals surface area contributed by atoms with E-state index in [9.17, 15) is 9.50 Å². The molecule has 0 aliphatic carbocycles. The van der Waals surface area contributed by atoms with Gasteiger partial charge in [0.1, 0.15) is 5.82 Å². The van der Waals surface area contributed by atoms with E-state index in [0.717, 1.165) is 16.7 Å². The Morgan fingerprint density at radius 2 is 1.71 bits per heavy atom. The summed E-state index contributed by atoms with van der Waals surface area (Å²) in [6, 6.07) is 13.7. The minimum atomic E-state index is -0.677. The molecule has 3 N–H and O–H groups in total. The third kappa shape index (κ3) is 2.70. The van der Waals surface area contributed by atoms with Gasteiger partial charge in [-0.1, -0.05) is 30.3 Å². The first-order valence-corrected chi connectivity index (χ1v) is 5.45. The molecule has 0 amide bonds. The summed E-state index contributed by atoms with van der Waals surface area (Å²) < 4.78 is 13.1. The number of halogens is 1.